The molecule has 22 heavy (non-hydrogen) atoms. The van der Waals surface area contributed by atoms with E-state index in [2.05, 4.69) is 10.2 Å². The van der Waals surface area contributed by atoms with Gasteiger partial charge in [0.25, 0.3) is 0 Å². The van der Waals surface area contributed by atoms with Gasteiger partial charge in [0, 0.05) is 19.6 Å². The summed E-state index contributed by atoms with van der Waals surface area (Å²) in [5.41, 5.74) is 1.65. The van der Waals surface area contributed by atoms with Gasteiger partial charge in [0.1, 0.15) is 6.54 Å². The lowest BCUT2D eigenvalue weighted by molar-refractivity contribution is -0.119. The summed E-state index contributed by atoms with van der Waals surface area (Å²) in [6, 6.07) is 7.47. The van der Waals surface area contributed by atoms with E-state index in [1.54, 1.807) is 6.07 Å². The number of nitrogens with one attached hydrogen (secondary N) is 1. The van der Waals surface area contributed by atoms with E-state index < -0.39 is 12.7 Å². The van der Waals surface area contributed by atoms with E-state index in [1.807, 2.05) is 18.2 Å². The molecule has 0 aromatic heterocycles. The number of piperidine rings is 1. The number of para-hydroxylation sites is 2. The van der Waals surface area contributed by atoms with Crippen molar-refractivity contribution in [3.05, 3.63) is 24.3 Å². The van der Waals surface area contributed by atoms with Crippen molar-refractivity contribution in [3.63, 3.8) is 0 Å². The second-order valence-corrected chi connectivity index (χ2v) is 6.16. The largest absolute Gasteiger partial charge is 0.405 e. The molecular formula is C16H22F3N3. The molecule has 1 saturated heterocycles. The number of fused-ring (bicyclic) bond motifs is 1. The molecule has 1 fully saturated rings. The fraction of sp³-hybridized carbons (Fsp3) is 0.625. The Kier molecular flexibility index (Phi) is 4.47. The molecule has 0 spiro atoms. The van der Waals surface area contributed by atoms with Crippen LogP contribution in [0.25, 0.3) is 0 Å². The fourth-order valence-electron chi connectivity index (χ4n) is 3.43. The number of nitrogens with zero attached hydrogens (tertiary/aromatic N) is 2. The van der Waals surface area contributed by atoms with E-state index in [0.29, 0.717) is 24.7 Å². The van der Waals surface area contributed by atoms with Crippen molar-refractivity contribution in [2.45, 2.75) is 19.0 Å². The first-order valence-corrected chi connectivity index (χ1v) is 7.89. The highest BCUT2D eigenvalue weighted by Crippen LogP contribution is 2.35. The second kappa shape index (κ2) is 6.36. The first-order chi connectivity index (χ1) is 10.5. The van der Waals surface area contributed by atoms with Gasteiger partial charge in [0.05, 0.1) is 11.4 Å². The van der Waals surface area contributed by atoms with E-state index in [1.165, 1.54) is 4.90 Å². The minimum Gasteiger partial charge on any atom is -0.368 e. The maximum Gasteiger partial charge on any atom is 0.405 e. The number of alkyl halides is 3. The number of rotatable bonds is 3. The predicted octanol–water partition coefficient (Wildman–Crippen LogP) is 2.87. The molecule has 2 heterocycles. The first kappa shape index (κ1) is 15.5. The topological polar surface area (TPSA) is 18.5 Å². The smallest absolute Gasteiger partial charge is 0.368 e. The molecule has 0 unspecified atom stereocenters. The third-order valence-corrected chi connectivity index (χ3v) is 4.51. The number of halogens is 3. The van der Waals surface area contributed by atoms with Crippen molar-refractivity contribution in [1.82, 2.24) is 5.32 Å². The Bertz CT molecular complexity index is 498. The summed E-state index contributed by atoms with van der Waals surface area (Å²) in [5, 5.41) is 3.35. The lowest BCUT2D eigenvalue weighted by Crippen LogP contribution is -2.47. The molecule has 0 atom stereocenters. The first-order valence-electron chi connectivity index (χ1n) is 7.89. The summed E-state index contributed by atoms with van der Waals surface area (Å²) in [7, 11) is 0. The summed E-state index contributed by atoms with van der Waals surface area (Å²) >= 11 is 0. The van der Waals surface area contributed by atoms with Crippen LogP contribution in [0.15, 0.2) is 24.3 Å². The zero-order valence-electron chi connectivity index (χ0n) is 12.6. The SMILES string of the molecule is FC(F)(F)CN1CCN(CC2CCNCC2)c2ccccc21. The van der Waals surface area contributed by atoms with Gasteiger partial charge in [0.15, 0.2) is 0 Å². The number of hydrogen-bond donors (Lipinski definition) is 1. The highest BCUT2D eigenvalue weighted by atomic mass is 19.4. The summed E-state index contributed by atoms with van der Waals surface area (Å²) < 4.78 is 38.2. The Hall–Kier alpha value is -1.43. The van der Waals surface area contributed by atoms with Crippen molar-refractivity contribution >= 4 is 11.4 Å². The van der Waals surface area contributed by atoms with Gasteiger partial charge in [-0.05, 0) is 44.0 Å². The number of hydrogen-bond acceptors (Lipinski definition) is 3. The van der Waals surface area contributed by atoms with Crippen LogP contribution in [0.3, 0.4) is 0 Å². The van der Waals surface area contributed by atoms with Crippen LogP contribution in [0.2, 0.25) is 0 Å². The van der Waals surface area contributed by atoms with E-state index in [0.717, 1.165) is 38.2 Å². The molecule has 0 radical (unpaired) electrons. The van der Waals surface area contributed by atoms with Gasteiger partial charge in [-0.2, -0.15) is 13.2 Å². The minimum atomic E-state index is -4.16. The molecule has 0 aliphatic carbocycles. The Morgan fingerprint density at radius 2 is 1.59 bits per heavy atom. The summed E-state index contributed by atoms with van der Waals surface area (Å²) in [5.74, 6) is 0.628. The molecule has 1 N–H and O–H groups in total. The van der Waals surface area contributed by atoms with Crippen LogP contribution in [-0.4, -0.2) is 45.4 Å². The lowest BCUT2D eigenvalue weighted by atomic mass is 9.96. The Morgan fingerprint density at radius 3 is 2.23 bits per heavy atom. The molecule has 0 saturated carbocycles. The Labute approximate surface area is 129 Å². The third-order valence-electron chi connectivity index (χ3n) is 4.51. The average Bonchev–Trinajstić information content (AvgIpc) is 2.50. The van der Waals surface area contributed by atoms with Gasteiger partial charge in [-0.3, -0.25) is 0 Å². The molecular weight excluding hydrogens is 291 g/mol. The fourth-order valence-corrected chi connectivity index (χ4v) is 3.43. The normalized spacial score (nSPS) is 20.1. The molecule has 3 nitrogen and oxygen atoms in total. The molecule has 2 aliphatic rings. The van der Waals surface area contributed by atoms with E-state index in [9.17, 15) is 13.2 Å². The van der Waals surface area contributed by atoms with Crippen LogP contribution in [0.5, 0.6) is 0 Å². The Balaban J connectivity index is 1.75. The van der Waals surface area contributed by atoms with Gasteiger partial charge in [0.2, 0.25) is 0 Å². The molecule has 6 heteroatoms. The Morgan fingerprint density at radius 1 is 1.00 bits per heavy atom. The van der Waals surface area contributed by atoms with Crippen LogP contribution in [0.1, 0.15) is 12.8 Å². The van der Waals surface area contributed by atoms with E-state index >= 15 is 0 Å². The van der Waals surface area contributed by atoms with Crippen LogP contribution in [0, 0.1) is 5.92 Å². The molecule has 122 valence electrons. The van der Waals surface area contributed by atoms with Crippen molar-refractivity contribution in [3.8, 4) is 0 Å². The minimum absolute atomic E-state index is 0.432. The quantitative estimate of drug-likeness (QED) is 0.926. The van der Waals surface area contributed by atoms with Crippen LogP contribution in [-0.2, 0) is 0 Å². The van der Waals surface area contributed by atoms with Gasteiger partial charge >= 0.3 is 6.18 Å². The van der Waals surface area contributed by atoms with Gasteiger partial charge < -0.3 is 15.1 Å². The maximum atomic E-state index is 12.7. The van der Waals surface area contributed by atoms with Crippen LogP contribution >= 0.6 is 0 Å². The van der Waals surface area contributed by atoms with Crippen LogP contribution < -0.4 is 15.1 Å². The van der Waals surface area contributed by atoms with Crippen LogP contribution in [0.4, 0.5) is 24.5 Å². The monoisotopic (exact) mass is 313 g/mol. The van der Waals surface area contributed by atoms with Gasteiger partial charge in [-0.1, -0.05) is 12.1 Å². The van der Waals surface area contributed by atoms with Gasteiger partial charge in [-0.25, -0.2) is 0 Å². The number of anilines is 2. The summed E-state index contributed by atoms with van der Waals surface area (Å²) in [6.45, 7) is 3.25. The second-order valence-electron chi connectivity index (χ2n) is 6.16. The zero-order valence-corrected chi connectivity index (χ0v) is 12.6. The summed E-state index contributed by atoms with van der Waals surface area (Å²) in [6.07, 6.45) is -1.87. The standard InChI is InChI=1S/C16H22F3N3/c17-16(18,19)12-22-10-9-21(11-13-5-7-20-8-6-13)14-3-1-2-4-15(14)22/h1-4,13,20H,5-12H2. The maximum absolute atomic E-state index is 12.7. The molecule has 1 aromatic rings. The molecule has 0 amide bonds. The van der Waals surface area contributed by atoms with Gasteiger partial charge in [-0.15, -0.1) is 0 Å². The third kappa shape index (κ3) is 3.66. The molecule has 3 rings (SSSR count). The highest BCUT2D eigenvalue weighted by Gasteiger charge is 2.34. The van der Waals surface area contributed by atoms with Crippen molar-refractivity contribution in [2.24, 2.45) is 5.92 Å². The summed E-state index contributed by atoms with van der Waals surface area (Å²) in [4.78, 5) is 3.71. The molecule has 0 bridgehead atoms. The lowest BCUT2D eigenvalue weighted by Gasteiger charge is -2.41. The predicted molar refractivity (Wildman–Crippen MR) is 82.5 cm³/mol. The molecule has 2 aliphatic heterocycles. The van der Waals surface area contributed by atoms with Crippen molar-refractivity contribution < 1.29 is 13.2 Å². The average molecular weight is 313 g/mol. The number of benzene rings is 1. The van der Waals surface area contributed by atoms with E-state index in [-0.39, 0.29) is 0 Å². The molecule has 1 aromatic carbocycles. The van der Waals surface area contributed by atoms with Crippen molar-refractivity contribution in [1.29, 1.82) is 0 Å². The van der Waals surface area contributed by atoms with Crippen molar-refractivity contribution in [2.75, 3.05) is 49.1 Å². The highest BCUT2D eigenvalue weighted by molar-refractivity contribution is 5.73. The van der Waals surface area contributed by atoms with E-state index in [4.69, 9.17) is 0 Å². The zero-order chi connectivity index (χ0) is 15.6.